The molecule has 0 aliphatic carbocycles. The molecular weight excluding hydrogens is 238 g/mol. The Morgan fingerprint density at radius 2 is 2.18 bits per heavy atom. The molecule has 0 saturated carbocycles. The highest BCUT2D eigenvalue weighted by Crippen LogP contribution is 2.28. The van der Waals surface area contributed by atoms with Crippen molar-refractivity contribution in [2.45, 2.75) is 12.3 Å². The molecule has 0 bridgehead atoms. The Morgan fingerprint density at radius 1 is 1.41 bits per heavy atom. The number of ether oxygens (including phenoxy) is 1. The van der Waals surface area contributed by atoms with Crippen LogP contribution in [-0.4, -0.2) is 17.6 Å². The van der Waals surface area contributed by atoms with Crippen molar-refractivity contribution < 1.29 is 9.53 Å². The molecule has 1 atom stereocenters. The highest BCUT2D eigenvalue weighted by Gasteiger charge is 2.21. The predicted molar refractivity (Wildman–Crippen MR) is 67.0 cm³/mol. The van der Waals surface area contributed by atoms with Crippen LogP contribution >= 0.6 is 11.6 Å². The molecule has 1 aromatic heterocycles. The summed E-state index contributed by atoms with van der Waals surface area (Å²) in [6, 6.07) is 7.67. The van der Waals surface area contributed by atoms with E-state index < -0.39 is 11.3 Å². The molecule has 0 radical (unpaired) electrons. The first kappa shape index (κ1) is 11.9. The van der Waals surface area contributed by atoms with Crippen LogP contribution in [0.5, 0.6) is 0 Å². The number of aromatic nitrogens is 1. The third-order valence-corrected chi connectivity index (χ3v) is 2.88. The van der Waals surface area contributed by atoms with Crippen molar-refractivity contribution in [2.24, 2.45) is 0 Å². The van der Waals surface area contributed by atoms with Crippen LogP contribution in [0.4, 0.5) is 0 Å². The molecular formula is C13H12ClNO2. The fourth-order valence-corrected chi connectivity index (χ4v) is 1.92. The number of hydrogen-bond acceptors (Lipinski definition) is 3. The van der Waals surface area contributed by atoms with Crippen molar-refractivity contribution in [3.63, 3.8) is 0 Å². The molecule has 1 unspecified atom stereocenters. The zero-order chi connectivity index (χ0) is 12.3. The Labute approximate surface area is 104 Å². The normalized spacial score (nSPS) is 12.4. The lowest BCUT2D eigenvalue weighted by Crippen LogP contribution is -2.11. The maximum absolute atomic E-state index is 11.6. The summed E-state index contributed by atoms with van der Waals surface area (Å²) in [5, 5.41) is 1.07. The standard InChI is InChI=1S/C13H12ClNO2/c1-2-17-13(16)12(14)11-8-15-7-9-5-3-4-6-10(9)11/h3-8,12H,2H2,1H3. The smallest absolute Gasteiger partial charge is 0.328 e. The molecule has 2 aromatic rings. The first-order valence-corrected chi connectivity index (χ1v) is 5.81. The summed E-state index contributed by atoms with van der Waals surface area (Å²) in [4.78, 5) is 15.7. The second-order valence-electron chi connectivity index (χ2n) is 3.56. The maximum Gasteiger partial charge on any atom is 0.328 e. The topological polar surface area (TPSA) is 39.2 Å². The molecule has 0 amide bonds. The molecule has 4 heteroatoms. The lowest BCUT2D eigenvalue weighted by molar-refractivity contribution is -0.142. The zero-order valence-electron chi connectivity index (χ0n) is 9.39. The molecule has 0 fully saturated rings. The lowest BCUT2D eigenvalue weighted by Gasteiger charge is -2.11. The number of benzene rings is 1. The number of alkyl halides is 1. The predicted octanol–water partition coefficient (Wildman–Crippen LogP) is 3.08. The SMILES string of the molecule is CCOC(=O)C(Cl)c1cncc2ccccc12. The Kier molecular flexibility index (Phi) is 3.59. The van der Waals surface area contributed by atoms with E-state index in [-0.39, 0.29) is 0 Å². The van der Waals surface area contributed by atoms with Gasteiger partial charge in [-0.15, -0.1) is 11.6 Å². The summed E-state index contributed by atoms with van der Waals surface area (Å²) in [6.45, 7) is 2.07. The average Bonchev–Trinajstić information content (AvgIpc) is 2.37. The fraction of sp³-hybridized carbons (Fsp3) is 0.231. The Morgan fingerprint density at radius 3 is 2.94 bits per heavy atom. The number of esters is 1. The van der Waals surface area contributed by atoms with Crippen molar-refractivity contribution in [1.29, 1.82) is 0 Å². The van der Waals surface area contributed by atoms with E-state index in [0.717, 1.165) is 10.8 Å². The van der Waals surface area contributed by atoms with E-state index in [1.54, 1.807) is 19.3 Å². The fourth-order valence-electron chi connectivity index (χ4n) is 1.68. The highest BCUT2D eigenvalue weighted by atomic mass is 35.5. The molecule has 17 heavy (non-hydrogen) atoms. The van der Waals surface area contributed by atoms with Gasteiger partial charge in [0.15, 0.2) is 5.38 Å². The molecule has 1 heterocycles. The van der Waals surface area contributed by atoms with Gasteiger partial charge in [0.25, 0.3) is 0 Å². The number of rotatable bonds is 3. The highest BCUT2D eigenvalue weighted by molar-refractivity contribution is 6.30. The van der Waals surface area contributed by atoms with Gasteiger partial charge in [-0.25, -0.2) is 0 Å². The lowest BCUT2D eigenvalue weighted by atomic mass is 10.1. The Balaban J connectivity index is 2.44. The van der Waals surface area contributed by atoms with Gasteiger partial charge in [-0.3, -0.25) is 9.78 Å². The van der Waals surface area contributed by atoms with Gasteiger partial charge < -0.3 is 4.74 Å². The maximum atomic E-state index is 11.6. The first-order valence-electron chi connectivity index (χ1n) is 5.37. The van der Waals surface area contributed by atoms with Crippen LogP contribution in [-0.2, 0) is 9.53 Å². The van der Waals surface area contributed by atoms with Crippen LogP contribution in [0.3, 0.4) is 0 Å². The van der Waals surface area contributed by atoms with Crippen molar-refractivity contribution >= 4 is 28.3 Å². The van der Waals surface area contributed by atoms with E-state index in [9.17, 15) is 4.79 Å². The van der Waals surface area contributed by atoms with Crippen LogP contribution in [0, 0.1) is 0 Å². The van der Waals surface area contributed by atoms with Crippen molar-refractivity contribution in [2.75, 3.05) is 6.61 Å². The van der Waals surface area contributed by atoms with Crippen molar-refractivity contribution in [1.82, 2.24) is 4.98 Å². The van der Waals surface area contributed by atoms with E-state index in [0.29, 0.717) is 12.2 Å². The first-order chi connectivity index (χ1) is 8.24. The molecule has 0 N–H and O–H groups in total. The monoisotopic (exact) mass is 249 g/mol. The quantitative estimate of drug-likeness (QED) is 0.620. The van der Waals surface area contributed by atoms with Gasteiger partial charge in [0.1, 0.15) is 0 Å². The summed E-state index contributed by atoms with van der Waals surface area (Å²) in [5.74, 6) is -0.438. The summed E-state index contributed by atoms with van der Waals surface area (Å²) in [5.41, 5.74) is 0.684. The van der Waals surface area contributed by atoms with Crippen LogP contribution in [0.2, 0.25) is 0 Å². The molecule has 0 spiro atoms. The van der Waals surface area contributed by atoms with Gasteiger partial charge in [-0.1, -0.05) is 24.3 Å². The summed E-state index contributed by atoms with van der Waals surface area (Å²) < 4.78 is 4.91. The van der Waals surface area contributed by atoms with Crippen molar-refractivity contribution in [3.05, 3.63) is 42.2 Å². The number of nitrogens with zero attached hydrogens (tertiary/aromatic N) is 1. The third-order valence-electron chi connectivity index (χ3n) is 2.47. The van der Waals surface area contributed by atoms with Crippen LogP contribution in [0.15, 0.2) is 36.7 Å². The largest absolute Gasteiger partial charge is 0.465 e. The van der Waals surface area contributed by atoms with Gasteiger partial charge in [-0.05, 0) is 12.3 Å². The van der Waals surface area contributed by atoms with Crippen molar-refractivity contribution in [3.8, 4) is 0 Å². The van der Waals surface area contributed by atoms with Gasteiger partial charge in [-0.2, -0.15) is 0 Å². The van der Waals surface area contributed by atoms with E-state index >= 15 is 0 Å². The summed E-state index contributed by atoms with van der Waals surface area (Å²) in [6.07, 6.45) is 3.35. The van der Waals surface area contributed by atoms with Gasteiger partial charge in [0.2, 0.25) is 0 Å². The van der Waals surface area contributed by atoms with E-state index in [2.05, 4.69) is 4.98 Å². The minimum atomic E-state index is -0.812. The molecule has 3 nitrogen and oxygen atoms in total. The average molecular weight is 250 g/mol. The molecule has 0 saturated heterocycles. The van der Waals surface area contributed by atoms with Crippen LogP contribution in [0.1, 0.15) is 17.9 Å². The number of pyridine rings is 1. The van der Waals surface area contributed by atoms with Crippen LogP contribution < -0.4 is 0 Å². The number of carbonyl (C=O) groups is 1. The second-order valence-corrected chi connectivity index (χ2v) is 4.00. The van der Waals surface area contributed by atoms with E-state index in [1.165, 1.54) is 0 Å². The van der Waals surface area contributed by atoms with Gasteiger partial charge >= 0.3 is 5.97 Å². The zero-order valence-corrected chi connectivity index (χ0v) is 10.1. The van der Waals surface area contributed by atoms with Gasteiger partial charge in [0, 0.05) is 23.3 Å². The van der Waals surface area contributed by atoms with Crippen LogP contribution in [0.25, 0.3) is 10.8 Å². The molecule has 0 aliphatic rings. The minimum absolute atomic E-state index is 0.320. The number of halogens is 1. The molecule has 88 valence electrons. The summed E-state index contributed by atoms with van der Waals surface area (Å²) in [7, 11) is 0. The Hall–Kier alpha value is -1.61. The minimum Gasteiger partial charge on any atom is -0.465 e. The third kappa shape index (κ3) is 2.39. The number of carbonyl (C=O) groups excluding carboxylic acids is 1. The number of fused-ring (bicyclic) bond motifs is 1. The van der Waals surface area contributed by atoms with Gasteiger partial charge in [0.05, 0.1) is 6.61 Å². The Bertz CT molecular complexity index is 536. The molecule has 0 aliphatic heterocycles. The molecule has 1 aromatic carbocycles. The van der Waals surface area contributed by atoms with E-state index in [1.807, 2.05) is 24.3 Å². The molecule has 2 rings (SSSR count). The second kappa shape index (κ2) is 5.15. The summed E-state index contributed by atoms with van der Waals surface area (Å²) >= 11 is 6.10. The van der Waals surface area contributed by atoms with E-state index in [4.69, 9.17) is 16.3 Å². The number of hydrogen-bond donors (Lipinski definition) is 0.